The number of nitrogens with one attached hydrogen (secondary N) is 1. The highest BCUT2D eigenvalue weighted by Crippen LogP contribution is 2.34. The van der Waals surface area contributed by atoms with Crippen molar-refractivity contribution in [2.75, 3.05) is 0 Å². The fourth-order valence-corrected chi connectivity index (χ4v) is 1.84. The number of carbonyl (C=O) groups is 1. The SMILES string of the molecule is CC1(C)O[C@@H]2[C@@H](C=O)NC(O)[C@@H]2O1. The zero-order chi connectivity index (χ0) is 9.64. The molecule has 0 radical (unpaired) electrons. The van der Waals surface area contributed by atoms with Crippen LogP contribution in [0.4, 0.5) is 0 Å². The summed E-state index contributed by atoms with van der Waals surface area (Å²) in [7, 11) is 0. The Kier molecular flexibility index (Phi) is 1.92. The van der Waals surface area contributed by atoms with E-state index in [0.29, 0.717) is 0 Å². The number of aliphatic hydroxyl groups is 1. The molecule has 2 rings (SSSR count). The van der Waals surface area contributed by atoms with Gasteiger partial charge in [0, 0.05) is 0 Å². The smallest absolute Gasteiger partial charge is 0.164 e. The summed E-state index contributed by atoms with van der Waals surface area (Å²) < 4.78 is 10.9. The molecule has 0 spiro atoms. The van der Waals surface area contributed by atoms with Gasteiger partial charge in [0.05, 0.1) is 6.04 Å². The summed E-state index contributed by atoms with van der Waals surface area (Å²) in [6.45, 7) is 3.53. The summed E-state index contributed by atoms with van der Waals surface area (Å²) in [6.07, 6.45) is -0.895. The Labute approximate surface area is 76.0 Å². The van der Waals surface area contributed by atoms with Crippen LogP contribution in [0.1, 0.15) is 13.8 Å². The molecule has 5 nitrogen and oxygen atoms in total. The first-order valence-corrected chi connectivity index (χ1v) is 4.28. The van der Waals surface area contributed by atoms with Gasteiger partial charge in [-0.25, -0.2) is 0 Å². The number of hydrogen-bond acceptors (Lipinski definition) is 5. The molecule has 4 atom stereocenters. The number of fused-ring (bicyclic) bond motifs is 1. The topological polar surface area (TPSA) is 67.8 Å². The number of aliphatic hydroxyl groups excluding tert-OH is 1. The van der Waals surface area contributed by atoms with E-state index in [-0.39, 0.29) is 6.10 Å². The van der Waals surface area contributed by atoms with Gasteiger partial charge in [0.15, 0.2) is 5.79 Å². The minimum Gasteiger partial charge on any atom is -0.376 e. The van der Waals surface area contributed by atoms with Gasteiger partial charge in [-0.2, -0.15) is 0 Å². The molecule has 2 saturated heterocycles. The van der Waals surface area contributed by atoms with Crippen LogP contribution >= 0.6 is 0 Å². The zero-order valence-electron chi connectivity index (χ0n) is 7.56. The molecule has 5 heteroatoms. The molecule has 2 fully saturated rings. The lowest BCUT2D eigenvalue weighted by atomic mass is 10.1. The maximum atomic E-state index is 10.6. The highest BCUT2D eigenvalue weighted by molar-refractivity contribution is 5.60. The summed E-state index contributed by atoms with van der Waals surface area (Å²) in [4.78, 5) is 10.6. The number of aldehydes is 1. The first kappa shape index (κ1) is 9.08. The second-order valence-corrected chi connectivity index (χ2v) is 3.84. The maximum Gasteiger partial charge on any atom is 0.164 e. The van der Waals surface area contributed by atoms with Crippen LogP contribution in [0.3, 0.4) is 0 Å². The summed E-state index contributed by atoms with van der Waals surface area (Å²) >= 11 is 0. The summed E-state index contributed by atoms with van der Waals surface area (Å²) in [5, 5.41) is 12.1. The molecule has 0 aromatic rings. The number of hydrogen-bond donors (Lipinski definition) is 2. The van der Waals surface area contributed by atoms with Crippen LogP contribution in [-0.4, -0.2) is 41.7 Å². The van der Waals surface area contributed by atoms with E-state index in [4.69, 9.17) is 9.47 Å². The second-order valence-electron chi connectivity index (χ2n) is 3.84. The van der Waals surface area contributed by atoms with Gasteiger partial charge in [0.25, 0.3) is 0 Å². The van der Waals surface area contributed by atoms with E-state index in [1.165, 1.54) is 0 Å². The Morgan fingerprint density at radius 2 is 2.00 bits per heavy atom. The van der Waals surface area contributed by atoms with Gasteiger partial charge in [-0.3, -0.25) is 5.32 Å². The minimum atomic E-state index is -0.818. The van der Waals surface area contributed by atoms with Gasteiger partial charge in [0.2, 0.25) is 0 Å². The summed E-state index contributed by atoms with van der Waals surface area (Å²) in [6, 6.07) is -0.471. The average molecular weight is 187 g/mol. The predicted octanol–water partition coefficient (Wildman–Crippen LogP) is -1.00. The summed E-state index contributed by atoms with van der Waals surface area (Å²) in [5.41, 5.74) is 0. The van der Waals surface area contributed by atoms with Gasteiger partial charge in [-0.1, -0.05) is 0 Å². The number of carbonyl (C=O) groups excluding carboxylic acids is 1. The van der Waals surface area contributed by atoms with E-state index in [1.54, 1.807) is 13.8 Å². The van der Waals surface area contributed by atoms with E-state index < -0.39 is 24.2 Å². The highest BCUT2D eigenvalue weighted by atomic mass is 16.8. The number of rotatable bonds is 1. The number of ether oxygens (including phenoxy) is 2. The van der Waals surface area contributed by atoms with E-state index in [0.717, 1.165) is 6.29 Å². The fraction of sp³-hybridized carbons (Fsp3) is 0.875. The lowest BCUT2D eigenvalue weighted by Gasteiger charge is -2.20. The molecule has 13 heavy (non-hydrogen) atoms. The summed E-state index contributed by atoms with van der Waals surface area (Å²) in [5.74, 6) is -0.709. The quantitative estimate of drug-likeness (QED) is 0.515. The van der Waals surface area contributed by atoms with Gasteiger partial charge in [0.1, 0.15) is 24.7 Å². The van der Waals surface area contributed by atoms with E-state index >= 15 is 0 Å². The van der Waals surface area contributed by atoms with Crippen molar-refractivity contribution in [2.45, 2.75) is 44.1 Å². The second kappa shape index (κ2) is 2.75. The van der Waals surface area contributed by atoms with Crippen molar-refractivity contribution in [2.24, 2.45) is 0 Å². The van der Waals surface area contributed by atoms with E-state index in [2.05, 4.69) is 5.32 Å². The molecule has 2 heterocycles. The van der Waals surface area contributed by atoms with Gasteiger partial charge >= 0.3 is 0 Å². The average Bonchev–Trinajstić information content (AvgIpc) is 2.47. The Bertz CT molecular complexity index is 230. The largest absolute Gasteiger partial charge is 0.376 e. The lowest BCUT2D eigenvalue weighted by Crippen LogP contribution is -2.39. The van der Waals surface area contributed by atoms with Crippen LogP contribution < -0.4 is 5.32 Å². The van der Waals surface area contributed by atoms with Crippen LogP contribution in [0.15, 0.2) is 0 Å². The van der Waals surface area contributed by atoms with Crippen molar-refractivity contribution in [1.82, 2.24) is 5.32 Å². The van der Waals surface area contributed by atoms with Crippen molar-refractivity contribution in [3.63, 3.8) is 0 Å². The lowest BCUT2D eigenvalue weighted by molar-refractivity contribution is -0.166. The minimum absolute atomic E-state index is 0.373. The van der Waals surface area contributed by atoms with Crippen LogP contribution in [0, 0.1) is 0 Å². The molecule has 74 valence electrons. The predicted molar refractivity (Wildman–Crippen MR) is 42.8 cm³/mol. The molecule has 2 N–H and O–H groups in total. The van der Waals surface area contributed by atoms with Crippen LogP contribution in [0.2, 0.25) is 0 Å². The van der Waals surface area contributed by atoms with Crippen molar-refractivity contribution in [1.29, 1.82) is 0 Å². The van der Waals surface area contributed by atoms with Gasteiger partial charge < -0.3 is 19.4 Å². The third kappa shape index (κ3) is 1.38. The molecular weight excluding hydrogens is 174 g/mol. The molecule has 0 amide bonds. The zero-order valence-corrected chi connectivity index (χ0v) is 7.56. The Balaban J connectivity index is 2.17. The Hall–Kier alpha value is -0.490. The Morgan fingerprint density at radius 1 is 1.38 bits per heavy atom. The molecule has 0 aromatic heterocycles. The molecule has 0 aromatic carbocycles. The van der Waals surface area contributed by atoms with Crippen molar-refractivity contribution in [3.05, 3.63) is 0 Å². The third-order valence-electron chi connectivity index (χ3n) is 2.34. The maximum absolute atomic E-state index is 10.6. The molecule has 2 aliphatic heterocycles. The first-order chi connectivity index (χ1) is 6.03. The van der Waals surface area contributed by atoms with Crippen LogP contribution in [-0.2, 0) is 14.3 Å². The van der Waals surface area contributed by atoms with Gasteiger partial charge in [-0.15, -0.1) is 0 Å². The normalized spacial score (nSPS) is 47.6. The van der Waals surface area contributed by atoms with Crippen molar-refractivity contribution < 1.29 is 19.4 Å². The third-order valence-corrected chi connectivity index (χ3v) is 2.34. The van der Waals surface area contributed by atoms with Crippen molar-refractivity contribution in [3.8, 4) is 0 Å². The molecule has 2 aliphatic rings. The molecular formula is C8H13NO4. The molecule has 0 bridgehead atoms. The first-order valence-electron chi connectivity index (χ1n) is 4.28. The molecule has 1 unspecified atom stereocenters. The highest BCUT2D eigenvalue weighted by Gasteiger charge is 2.53. The monoisotopic (exact) mass is 187 g/mol. The molecule has 0 aliphatic carbocycles. The molecule has 0 saturated carbocycles. The van der Waals surface area contributed by atoms with Crippen LogP contribution in [0.25, 0.3) is 0 Å². The van der Waals surface area contributed by atoms with E-state index in [9.17, 15) is 9.90 Å². The van der Waals surface area contributed by atoms with Crippen molar-refractivity contribution >= 4 is 6.29 Å². The van der Waals surface area contributed by atoms with Crippen LogP contribution in [0.5, 0.6) is 0 Å². The standard InChI is InChI=1S/C8H13NO4/c1-8(2)12-5-4(3-10)9-7(11)6(5)13-8/h3-7,9,11H,1-2H3/t4-,5-,6-,7?/m1/s1. The van der Waals surface area contributed by atoms with Gasteiger partial charge in [-0.05, 0) is 13.8 Å². The fourth-order valence-electron chi connectivity index (χ4n) is 1.84. The Morgan fingerprint density at radius 3 is 2.62 bits per heavy atom. The van der Waals surface area contributed by atoms with E-state index in [1.807, 2.05) is 0 Å².